The van der Waals surface area contributed by atoms with Gasteiger partial charge >= 0.3 is 0 Å². The lowest BCUT2D eigenvalue weighted by Crippen LogP contribution is -2.25. The second kappa shape index (κ2) is 7.42. The van der Waals surface area contributed by atoms with Crippen LogP contribution in [0.3, 0.4) is 0 Å². The summed E-state index contributed by atoms with van der Waals surface area (Å²) in [4.78, 5) is 0. The molecule has 0 aliphatic carbocycles. The van der Waals surface area contributed by atoms with Crippen LogP contribution < -0.4 is 5.32 Å². The Hall–Kier alpha value is -0.860. The van der Waals surface area contributed by atoms with Crippen LogP contribution in [0.5, 0.6) is 0 Å². The van der Waals surface area contributed by atoms with Crippen molar-refractivity contribution in [2.75, 3.05) is 26.8 Å². The fourth-order valence-corrected chi connectivity index (χ4v) is 1.82. The van der Waals surface area contributed by atoms with Crippen LogP contribution in [-0.4, -0.2) is 26.8 Å². The largest absolute Gasteiger partial charge is 0.381 e. The maximum atomic E-state index is 5.50. The highest BCUT2D eigenvalue weighted by Gasteiger charge is 2.08. The van der Waals surface area contributed by atoms with Crippen LogP contribution in [-0.2, 0) is 11.2 Å². The molecule has 0 aliphatic rings. The first-order valence-corrected chi connectivity index (χ1v) is 6.04. The Morgan fingerprint density at radius 3 is 2.50 bits per heavy atom. The van der Waals surface area contributed by atoms with E-state index in [1.165, 1.54) is 11.1 Å². The zero-order valence-electron chi connectivity index (χ0n) is 10.6. The smallest absolute Gasteiger partial charge is 0.0509 e. The van der Waals surface area contributed by atoms with Crippen molar-refractivity contribution in [3.8, 4) is 0 Å². The highest BCUT2D eigenvalue weighted by molar-refractivity contribution is 5.21. The van der Waals surface area contributed by atoms with E-state index in [1.807, 2.05) is 14.0 Å². The summed E-state index contributed by atoms with van der Waals surface area (Å²) in [6, 6.07) is 8.77. The number of hydrogen-bond donors (Lipinski definition) is 1. The first-order valence-electron chi connectivity index (χ1n) is 6.04. The van der Waals surface area contributed by atoms with E-state index in [1.54, 1.807) is 0 Å². The molecule has 0 aliphatic heterocycles. The van der Waals surface area contributed by atoms with Crippen LogP contribution in [0.4, 0.5) is 0 Å². The van der Waals surface area contributed by atoms with Gasteiger partial charge in [-0.1, -0.05) is 29.8 Å². The van der Waals surface area contributed by atoms with Crippen molar-refractivity contribution in [2.24, 2.45) is 5.92 Å². The van der Waals surface area contributed by atoms with Crippen LogP contribution in [0.2, 0.25) is 0 Å². The molecule has 16 heavy (non-hydrogen) atoms. The molecule has 0 radical (unpaired) electrons. The van der Waals surface area contributed by atoms with Crippen molar-refractivity contribution in [2.45, 2.75) is 20.3 Å². The van der Waals surface area contributed by atoms with Crippen LogP contribution in [0.25, 0.3) is 0 Å². The van der Waals surface area contributed by atoms with Crippen molar-refractivity contribution in [3.05, 3.63) is 35.4 Å². The van der Waals surface area contributed by atoms with E-state index in [0.29, 0.717) is 5.92 Å². The third kappa shape index (κ3) is 4.77. The van der Waals surface area contributed by atoms with Crippen molar-refractivity contribution in [1.29, 1.82) is 0 Å². The van der Waals surface area contributed by atoms with Crippen LogP contribution >= 0.6 is 0 Å². The molecule has 1 atom stereocenters. The number of ether oxygens (including phenoxy) is 1. The molecule has 1 rings (SSSR count). The van der Waals surface area contributed by atoms with Gasteiger partial charge in [0.15, 0.2) is 0 Å². The summed E-state index contributed by atoms with van der Waals surface area (Å²) in [5.74, 6) is 0.563. The lowest BCUT2D eigenvalue weighted by Gasteiger charge is -2.16. The van der Waals surface area contributed by atoms with E-state index in [0.717, 1.165) is 26.2 Å². The zero-order valence-corrected chi connectivity index (χ0v) is 10.6. The lowest BCUT2D eigenvalue weighted by molar-refractivity contribution is 0.110. The van der Waals surface area contributed by atoms with Gasteiger partial charge in [-0.2, -0.15) is 0 Å². The van der Waals surface area contributed by atoms with Gasteiger partial charge in [0.05, 0.1) is 6.61 Å². The standard InChI is InChI=1S/C14H23NO/c1-4-16-11-14(10-15-3)9-13-7-5-12(2)6-8-13/h5-8,14-15H,4,9-11H2,1-3H3. The van der Waals surface area contributed by atoms with Gasteiger partial charge in [-0.05, 0) is 38.8 Å². The Labute approximate surface area is 99.0 Å². The van der Waals surface area contributed by atoms with Crippen molar-refractivity contribution >= 4 is 0 Å². The number of benzene rings is 1. The van der Waals surface area contributed by atoms with Gasteiger partial charge < -0.3 is 10.1 Å². The third-order valence-electron chi connectivity index (χ3n) is 2.70. The van der Waals surface area contributed by atoms with Crippen molar-refractivity contribution in [1.82, 2.24) is 5.32 Å². The molecule has 1 aromatic rings. The minimum absolute atomic E-state index is 0.563. The molecule has 0 saturated carbocycles. The molecule has 0 heterocycles. The average molecular weight is 221 g/mol. The van der Waals surface area contributed by atoms with E-state index in [4.69, 9.17) is 4.74 Å². The molecule has 0 spiro atoms. The fourth-order valence-electron chi connectivity index (χ4n) is 1.82. The molecule has 1 unspecified atom stereocenters. The van der Waals surface area contributed by atoms with E-state index in [9.17, 15) is 0 Å². The van der Waals surface area contributed by atoms with Gasteiger partial charge in [0.1, 0.15) is 0 Å². The number of aryl methyl sites for hydroxylation is 1. The number of nitrogens with one attached hydrogen (secondary N) is 1. The Kier molecular flexibility index (Phi) is 6.12. The number of rotatable bonds is 7. The summed E-state index contributed by atoms with van der Waals surface area (Å²) >= 11 is 0. The molecular weight excluding hydrogens is 198 g/mol. The Balaban J connectivity index is 2.49. The third-order valence-corrected chi connectivity index (χ3v) is 2.70. The molecular formula is C14H23NO. The topological polar surface area (TPSA) is 21.3 Å². The Morgan fingerprint density at radius 2 is 1.94 bits per heavy atom. The van der Waals surface area contributed by atoms with Gasteiger partial charge in [0, 0.05) is 13.2 Å². The predicted molar refractivity (Wildman–Crippen MR) is 68.8 cm³/mol. The summed E-state index contributed by atoms with van der Waals surface area (Å²) in [6.07, 6.45) is 1.08. The number of hydrogen-bond acceptors (Lipinski definition) is 2. The van der Waals surface area contributed by atoms with Crippen LogP contribution in [0, 0.1) is 12.8 Å². The first kappa shape index (κ1) is 13.2. The zero-order chi connectivity index (χ0) is 11.8. The molecule has 0 fully saturated rings. The predicted octanol–water partition coefficient (Wildman–Crippen LogP) is 2.41. The summed E-state index contributed by atoms with van der Waals surface area (Å²) in [7, 11) is 1.99. The monoisotopic (exact) mass is 221 g/mol. The molecule has 1 N–H and O–H groups in total. The molecule has 1 aromatic carbocycles. The highest BCUT2D eigenvalue weighted by atomic mass is 16.5. The first-order chi connectivity index (χ1) is 7.76. The van der Waals surface area contributed by atoms with Crippen molar-refractivity contribution in [3.63, 3.8) is 0 Å². The van der Waals surface area contributed by atoms with E-state index in [2.05, 4.69) is 36.5 Å². The summed E-state index contributed by atoms with van der Waals surface area (Å²) in [5.41, 5.74) is 2.71. The van der Waals surface area contributed by atoms with Crippen LogP contribution in [0.1, 0.15) is 18.1 Å². The van der Waals surface area contributed by atoms with Gasteiger partial charge in [-0.3, -0.25) is 0 Å². The molecule has 2 nitrogen and oxygen atoms in total. The molecule has 0 saturated heterocycles. The minimum Gasteiger partial charge on any atom is -0.381 e. The Bertz CT molecular complexity index is 281. The van der Waals surface area contributed by atoms with Crippen LogP contribution in [0.15, 0.2) is 24.3 Å². The van der Waals surface area contributed by atoms with E-state index >= 15 is 0 Å². The maximum Gasteiger partial charge on any atom is 0.0509 e. The summed E-state index contributed by atoms with van der Waals surface area (Å²) in [5, 5.41) is 3.23. The van der Waals surface area contributed by atoms with Gasteiger partial charge in [-0.25, -0.2) is 0 Å². The van der Waals surface area contributed by atoms with Gasteiger partial charge in [0.2, 0.25) is 0 Å². The second-order valence-electron chi connectivity index (χ2n) is 4.27. The van der Waals surface area contributed by atoms with E-state index < -0.39 is 0 Å². The summed E-state index contributed by atoms with van der Waals surface area (Å²) < 4.78 is 5.50. The highest BCUT2D eigenvalue weighted by Crippen LogP contribution is 2.10. The quantitative estimate of drug-likeness (QED) is 0.763. The molecule has 2 heteroatoms. The molecule has 0 bridgehead atoms. The molecule has 0 aromatic heterocycles. The SMILES string of the molecule is CCOCC(CNC)Cc1ccc(C)cc1. The fraction of sp³-hybridized carbons (Fsp3) is 0.571. The molecule has 90 valence electrons. The second-order valence-corrected chi connectivity index (χ2v) is 4.27. The lowest BCUT2D eigenvalue weighted by atomic mass is 9.99. The maximum absolute atomic E-state index is 5.50. The average Bonchev–Trinajstić information content (AvgIpc) is 2.29. The minimum atomic E-state index is 0.563. The van der Waals surface area contributed by atoms with Gasteiger partial charge in [-0.15, -0.1) is 0 Å². The Morgan fingerprint density at radius 1 is 1.25 bits per heavy atom. The molecule has 0 amide bonds. The van der Waals surface area contributed by atoms with E-state index in [-0.39, 0.29) is 0 Å². The normalized spacial score (nSPS) is 12.7. The summed E-state index contributed by atoms with van der Waals surface area (Å²) in [6.45, 7) is 6.81. The van der Waals surface area contributed by atoms with Crippen molar-refractivity contribution < 1.29 is 4.74 Å². The van der Waals surface area contributed by atoms with Gasteiger partial charge in [0.25, 0.3) is 0 Å².